The third-order valence-electron chi connectivity index (χ3n) is 2.87. The van der Waals surface area contributed by atoms with E-state index in [9.17, 15) is 4.79 Å². The maximum Gasteiger partial charge on any atom is 0.308 e. The number of aromatic nitrogens is 1. The van der Waals surface area contributed by atoms with Crippen molar-refractivity contribution in [3.63, 3.8) is 0 Å². The molecule has 0 aliphatic rings. The lowest BCUT2D eigenvalue weighted by molar-refractivity contribution is -0.140. The van der Waals surface area contributed by atoms with Crippen molar-refractivity contribution in [1.82, 2.24) is 4.98 Å². The predicted octanol–water partition coefficient (Wildman–Crippen LogP) is 3.45. The first-order valence-electron chi connectivity index (χ1n) is 6.74. The molecule has 0 spiro atoms. The van der Waals surface area contributed by atoms with E-state index in [4.69, 9.17) is 5.11 Å². The number of aliphatic carboxylic acids is 1. The van der Waals surface area contributed by atoms with Crippen LogP contribution in [0.3, 0.4) is 0 Å². The molecule has 19 heavy (non-hydrogen) atoms. The summed E-state index contributed by atoms with van der Waals surface area (Å²) in [7, 11) is 0. The Hall–Kier alpha value is -1.10. The van der Waals surface area contributed by atoms with Crippen LogP contribution in [0.2, 0.25) is 0 Å². The zero-order valence-electron chi connectivity index (χ0n) is 12.4. The van der Waals surface area contributed by atoms with Crippen LogP contribution < -0.4 is 4.90 Å². The average molecular weight is 284 g/mol. The SMILES string of the molecule is CC(C)CN(CC(C)C(=O)O)c1nc(C(C)C)cs1. The molecule has 1 unspecified atom stereocenters. The van der Waals surface area contributed by atoms with Crippen LogP contribution in [-0.2, 0) is 4.79 Å². The zero-order chi connectivity index (χ0) is 14.6. The summed E-state index contributed by atoms with van der Waals surface area (Å²) >= 11 is 1.60. The summed E-state index contributed by atoms with van der Waals surface area (Å²) in [6, 6.07) is 0. The number of anilines is 1. The number of carbonyl (C=O) groups is 1. The average Bonchev–Trinajstić information content (AvgIpc) is 2.76. The zero-order valence-corrected chi connectivity index (χ0v) is 13.2. The molecule has 4 nitrogen and oxygen atoms in total. The fourth-order valence-electron chi connectivity index (χ4n) is 1.77. The van der Waals surface area contributed by atoms with Crippen molar-refractivity contribution in [2.24, 2.45) is 11.8 Å². The van der Waals surface area contributed by atoms with Gasteiger partial charge in [0.1, 0.15) is 0 Å². The highest BCUT2D eigenvalue weighted by atomic mass is 32.1. The highest BCUT2D eigenvalue weighted by molar-refractivity contribution is 7.13. The molecule has 5 heteroatoms. The number of carboxylic acid groups (broad SMARTS) is 1. The molecular weight excluding hydrogens is 260 g/mol. The lowest BCUT2D eigenvalue weighted by atomic mass is 10.1. The van der Waals surface area contributed by atoms with E-state index in [1.54, 1.807) is 18.3 Å². The summed E-state index contributed by atoms with van der Waals surface area (Å²) in [6.07, 6.45) is 0. The molecule has 0 amide bonds. The van der Waals surface area contributed by atoms with Crippen LogP contribution in [0.25, 0.3) is 0 Å². The topological polar surface area (TPSA) is 53.4 Å². The van der Waals surface area contributed by atoms with Gasteiger partial charge in [-0.25, -0.2) is 4.98 Å². The molecule has 1 N–H and O–H groups in total. The molecule has 0 aliphatic carbocycles. The Kier molecular flexibility index (Phi) is 5.79. The number of thiazole rings is 1. The van der Waals surface area contributed by atoms with Gasteiger partial charge in [0, 0.05) is 18.5 Å². The molecule has 0 radical (unpaired) electrons. The second-order valence-corrected chi connectivity index (χ2v) is 6.58. The van der Waals surface area contributed by atoms with Crippen molar-refractivity contribution in [1.29, 1.82) is 0 Å². The van der Waals surface area contributed by atoms with E-state index < -0.39 is 5.97 Å². The van der Waals surface area contributed by atoms with E-state index >= 15 is 0 Å². The van der Waals surface area contributed by atoms with Gasteiger partial charge in [0.2, 0.25) is 0 Å². The summed E-state index contributed by atoms with van der Waals surface area (Å²) in [6.45, 7) is 11.6. The summed E-state index contributed by atoms with van der Waals surface area (Å²) in [5.41, 5.74) is 1.08. The van der Waals surface area contributed by atoms with E-state index in [1.165, 1.54) is 0 Å². The summed E-state index contributed by atoms with van der Waals surface area (Å²) in [5.74, 6) is -0.255. The van der Waals surface area contributed by atoms with Gasteiger partial charge in [-0.2, -0.15) is 0 Å². The van der Waals surface area contributed by atoms with Gasteiger partial charge < -0.3 is 10.0 Å². The lowest BCUT2D eigenvalue weighted by Crippen LogP contribution is -2.34. The number of hydrogen-bond donors (Lipinski definition) is 1. The minimum atomic E-state index is -0.755. The lowest BCUT2D eigenvalue weighted by Gasteiger charge is -2.25. The van der Waals surface area contributed by atoms with Crippen molar-refractivity contribution in [3.05, 3.63) is 11.1 Å². The number of nitrogens with zero attached hydrogens (tertiary/aromatic N) is 2. The summed E-state index contributed by atoms with van der Waals surface area (Å²) in [4.78, 5) is 17.7. The van der Waals surface area contributed by atoms with Gasteiger partial charge in [0.25, 0.3) is 0 Å². The number of hydrogen-bond acceptors (Lipinski definition) is 4. The maximum atomic E-state index is 11.0. The quantitative estimate of drug-likeness (QED) is 0.833. The van der Waals surface area contributed by atoms with Crippen molar-refractivity contribution in [2.45, 2.75) is 40.5 Å². The molecule has 1 atom stereocenters. The molecule has 0 aliphatic heterocycles. The van der Waals surface area contributed by atoms with Gasteiger partial charge in [-0.3, -0.25) is 4.79 Å². The maximum absolute atomic E-state index is 11.0. The number of carboxylic acids is 1. The van der Waals surface area contributed by atoms with E-state index in [0.29, 0.717) is 18.4 Å². The Morgan fingerprint density at radius 3 is 2.37 bits per heavy atom. The second kappa shape index (κ2) is 6.89. The third kappa shape index (κ3) is 4.82. The fraction of sp³-hybridized carbons (Fsp3) is 0.714. The minimum Gasteiger partial charge on any atom is -0.481 e. The molecular formula is C14H24N2O2S. The molecule has 1 aromatic heterocycles. The first kappa shape index (κ1) is 16.0. The molecule has 1 heterocycles. The summed E-state index contributed by atoms with van der Waals surface area (Å²) in [5, 5.41) is 12.1. The van der Waals surface area contributed by atoms with E-state index in [-0.39, 0.29) is 5.92 Å². The van der Waals surface area contributed by atoms with E-state index in [2.05, 4.69) is 43.0 Å². The second-order valence-electron chi connectivity index (χ2n) is 5.75. The van der Waals surface area contributed by atoms with Crippen LogP contribution in [0.1, 0.15) is 46.2 Å². The number of rotatable bonds is 7. The molecule has 1 rings (SSSR count). The predicted molar refractivity (Wildman–Crippen MR) is 80.1 cm³/mol. The highest BCUT2D eigenvalue weighted by Gasteiger charge is 2.20. The van der Waals surface area contributed by atoms with Crippen molar-refractivity contribution < 1.29 is 9.90 Å². The third-order valence-corrected chi connectivity index (χ3v) is 3.79. The first-order chi connectivity index (χ1) is 8.81. The smallest absolute Gasteiger partial charge is 0.308 e. The Labute approximate surface area is 119 Å². The molecule has 0 saturated carbocycles. The normalized spacial score (nSPS) is 13.0. The largest absolute Gasteiger partial charge is 0.481 e. The van der Waals surface area contributed by atoms with Gasteiger partial charge in [0.05, 0.1) is 11.6 Å². The van der Waals surface area contributed by atoms with Gasteiger partial charge in [-0.05, 0) is 11.8 Å². The van der Waals surface area contributed by atoms with Crippen LogP contribution in [0.15, 0.2) is 5.38 Å². The van der Waals surface area contributed by atoms with Crippen molar-refractivity contribution in [2.75, 3.05) is 18.0 Å². The Morgan fingerprint density at radius 1 is 1.32 bits per heavy atom. The van der Waals surface area contributed by atoms with Crippen molar-refractivity contribution >= 4 is 22.4 Å². The Morgan fingerprint density at radius 2 is 1.95 bits per heavy atom. The van der Waals surface area contributed by atoms with Gasteiger partial charge in [-0.15, -0.1) is 11.3 Å². The molecule has 108 valence electrons. The van der Waals surface area contributed by atoms with Crippen LogP contribution in [0.5, 0.6) is 0 Å². The van der Waals surface area contributed by atoms with E-state index in [0.717, 1.165) is 17.4 Å². The van der Waals surface area contributed by atoms with Gasteiger partial charge in [0.15, 0.2) is 5.13 Å². The van der Waals surface area contributed by atoms with E-state index in [1.807, 2.05) is 0 Å². The monoisotopic (exact) mass is 284 g/mol. The summed E-state index contributed by atoms with van der Waals surface area (Å²) < 4.78 is 0. The highest BCUT2D eigenvalue weighted by Crippen LogP contribution is 2.26. The van der Waals surface area contributed by atoms with Crippen LogP contribution >= 0.6 is 11.3 Å². The Bertz CT molecular complexity index is 415. The first-order valence-corrected chi connectivity index (χ1v) is 7.62. The van der Waals surface area contributed by atoms with Crippen LogP contribution in [-0.4, -0.2) is 29.1 Å². The molecule has 0 aromatic carbocycles. The molecule has 0 fully saturated rings. The standard InChI is InChI=1S/C14H24N2O2S/c1-9(2)6-16(7-11(5)13(17)18)14-15-12(8-19-14)10(3)4/h8-11H,6-7H2,1-5H3,(H,17,18). The molecule has 0 saturated heterocycles. The molecule has 0 bridgehead atoms. The Balaban J connectivity index is 2.85. The van der Waals surface area contributed by atoms with Gasteiger partial charge >= 0.3 is 5.97 Å². The fourth-order valence-corrected chi connectivity index (χ4v) is 2.77. The van der Waals surface area contributed by atoms with Crippen LogP contribution in [0.4, 0.5) is 5.13 Å². The van der Waals surface area contributed by atoms with Crippen molar-refractivity contribution in [3.8, 4) is 0 Å². The minimum absolute atomic E-state index is 0.384. The van der Waals surface area contributed by atoms with Gasteiger partial charge in [-0.1, -0.05) is 34.6 Å². The van der Waals surface area contributed by atoms with Crippen LogP contribution in [0, 0.1) is 11.8 Å². The molecule has 1 aromatic rings.